The smallest absolute Gasteiger partial charge is 0.345 e. The van der Waals surface area contributed by atoms with Crippen LogP contribution in [0.2, 0.25) is 0 Å². The molecule has 1 heterocycles. The van der Waals surface area contributed by atoms with Gasteiger partial charge < -0.3 is 9.47 Å². The van der Waals surface area contributed by atoms with Crippen LogP contribution in [-0.2, 0) is 4.74 Å². The van der Waals surface area contributed by atoms with E-state index in [2.05, 4.69) is 37.3 Å². The number of nitrogens with zero attached hydrogens (tertiary/aromatic N) is 2. The van der Waals surface area contributed by atoms with Crippen LogP contribution in [0.1, 0.15) is 10.4 Å². The Hall–Kier alpha value is -1.70. The number of ether oxygens (including phenoxy) is 2. The van der Waals surface area contributed by atoms with Crippen molar-refractivity contribution in [3.8, 4) is 11.6 Å². The predicted octanol–water partition coefficient (Wildman–Crippen LogP) is 2.66. The van der Waals surface area contributed by atoms with Crippen LogP contribution >= 0.6 is 22.6 Å². The summed E-state index contributed by atoms with van der Waals surface area (Å²) in [4.78, 5) is 19.2. The zero-order valence-electron chi connectivity index (χ0n) is 9.46. The molecular formula is C12H9IN2O3. The summed E-state index contributed by atoms with van der Waals surface area (Å²) in [6.07, 6.45) is 2.68. The Bertz CT molecular complexity index is 575. The monoisotopic (exact) mass is 356 g/mol. The molecule has 0 N–H and O–H groups in total. The molecule has 6 heteroatoms. The number of methoxy groups -OCH3 is 1. The molecule has 1 aromatic heterocycles. The number of aromatic nitrogens is 2. The fourth-order valence-corrected chi connectivity index (χ4v) is 1.81. The van der Waals surface area contributed by atoms with Crippen molar-refractivity contribution in [2.75, 3.05) is 7.11 Å². The van der Waals surface area contributed by atoms with E-state index in [4.69, 9.17) is 4.74 Å². The third-order valence-electron chi connectivity index (χ3n) is 2.09. The van der Waals surface area contributed by atoms with Crippen molar-refractivity contribution in [2.45, 2.75) is 0 Å². The van der Waals surface area contributed by atoms with Gasteiger partial charge in [0.2, 0.25) is 5.88 Å². The van der Waals surface area contributed by atoms with Gasteiger partial charge in [-0.25, -0.2) is 14.8 Å². The number of hydrogen-bond donors (Lipinski definition) is 0. The molecule has 2 rings (SSSR count). The molecule has 0 atom stereocenters. The van der Waals surface area contributed by atoms with E-state index in [0.29, 0.717) is 5.75 Å². The Labute approximate surface area is 117 Å². The van der Waals surface area contributed by atoms with Crippen LogP contribution in [0.15, 0.2) is 36.8 Å². The van der Waals surface area contributed by atoms with Crippen LogP contribution in [0.5, 0.6) is 11.6 Å². The van der Waals surface area contributed by atoms with Crippen molar-refractivity contribution < 1.29 is 14.3 Å². The summed E-state index contributed by atoms with van der Waals surface area (Å²) in [6, 6.07) is 7.42. The lowest BCUT2D eigenvalue weighted by atomic mass is 10.3. The number of carbonyl (C=O) groups is 1. The lowest BCUT2D eigenvalue weighted by molar-refractivity contribution is 0.0596. The second-order valence-electron chi connectivity index (χ2n) is 3.29. The van der Waals surface area contributed by atoms with Crippen molar-refractivity contribution in [2.24, 2.45) is 0 Å². The Balaban J connectivity index is 2.32. The molecule has 0 spiro atoms. The second kappa shape index (κ2) is 5.76. The maximum atomic E-state index is 11.5. The van der Waals surface area contributed by atoms with Gasteiger partial charge >= 0.3 is 5.97 Å². The molecular weight excluding hydrogens is 347 g/mol. The van der Waals surface area contributed by atoms with E-state index in [9.17, 15) is 4.79 Å². The topological polar surface area (TPSA) is 61.3 Å². The maximum absolute atomic E-state index is 11.5. The van der Waals surface area contributed by atoms with Crippen molar-refractivity contribution in [1.82, 2.24) is 9.97 Å². The molecule has 18 heavy (non-hydrogen) atoms. The van der Waals surface area contributed by atoms with Gasteiger partial charge in [0.15, 0.2) is 0 Å². The molecule has 0 aliphatic rings. The van der Waals surface area contributed by atoms with Crippen molar-refractivity contribution in [1.29, 1.82) is 0 Å². The molecule has 0 amide bonds. The SMILES string of the molecule is COC(=O)c1cncnc1Oc1cccc(I)c1. The second-order valence-corrected chi connectivity index (χ2v) is 4.54. The van der Waals surface area contributed by atoms with Crippen molar-refractivity contribution in [3.05, 3.63) is 45.9 Å². The minimum Gasteiger partial charge on any atom is -0.465 e. The molecule has 0 radical (unpaired) electrons. The summed E-state index contributed by atoms with van der Waals surface area (Å²) in [6.45, 7) is 0. The van der Waals surface area contributed by atoms with Gasteiger partial charge in [-0.15, -0.1) is 0 Å². The van der Waals surface area contributed by atoms with Crippen molar-refractivity contribution in [3.63, 3.8) is 0 Å². The Morgan fingerprint density at radius 1 is 1.39 bits per heavy atom. The molecule has 0 saturated carbocycles. The lowest BCUT2D eigenvalue weighted by Gasteiger charge is -2.07. The molecule has 0 unspecified atom stereocenters. The number of rotatable bonds is 3. The summed E-state index contributed by atoms with van der Waals surface area (Å²) in [5, 5.41) is 0. The first-order chi connectivity index (χ1) is 8.70. The first-order valence-electron chi connectivity index (χ1n) is 5.02. The molecule has 92 valence electrons. The fourth-order valence-electron chi connectivity index (χ4n) is 1.29. The highest BCUT2D eigenvalue weighted by Crippen LogP contribution is 2.24. The average Bonchev–Trinajstić information content (AvgIpc) is 2.38. The molecule has 0 bridgehead atoms. The number of esters is 1. The van der Waals surface area contributed by atoms with E-state index in [0.717, 1.165) is 3.57 Å². The molecule has 1 aromatic carbocycles. The van der Waals surface area contributed by atoms with Gasteiger partial charge in [0.05, 0.1) is 7.11 Å². The first-order valence-corrected chi connectivity index (χ1v) is 6.10. The van der Waals surface area contributed by atoms with E-state index in [1.807, 2.05) is 18.2 Å². The zero-order valence-corrected chi connectivity index (χ0v) is 11.6. The summed E-state index contributed by atoms with van der Waals surface area (Å²) >= 11 is 2.17. The summed E-state index contributed by atoms with van der Waals surface area (Å²) in [5.41, 5.74) is 0.193. The summed E-state index contributed by atoms with van der Waals surface area (Å²) < 4.78 is 11.2. The Kier molecular flexibility index (Phi) is 4.08. The van der Waals surface area contributed by atoms with Gasteiger partial charge in [0, 0.05) is 9.77 Å². The standard InChI is InChI=1S/C12H9IN2O3/c1-17-12(16)10-6-14-7-15-11(10)18-9-4-2-3-8(13)5-9/h2-7H,1H3. The van der Waals surface area contributed by atoms with Gasteiger partial charge in [-0.3, -0.25) is 0 Å². The van der Waals surface area contributed by atoms with E-state index in [-0.39, 0.29) is 11.4 Å². The maximum Gasteiger partial charge on any atom is 0.345 e. The van der Waals surface area contributed by atoms with E-state index >= 15 is 0 Å². The normalized spacial score (nSPS) is 9.89. The quantitative estimate of drug-likeness (QED) is 0.625. The van der Waals surface area contributed by atoms with E-state index in [1.165, 1.54) is 19.6 Å². The Morgan fingerprint density at radius 3 is 2.94 bits per heavy atom. The van der Waals surface area contributed by atoms with Crippen molar-refractivity contribution >= 4 is 28.6 Å². The van der Waals surface area contributed by atoms with Gasteiger partial charge in [-0.1, -0.05) is 6.07 Å². The number of carbonyl (C=O) groups excluding carboxylic acids is 1. The third kappa shape index (κ3) is 2.95. The van der Waals surface area contributed by atoms with Gasteiger partial charge in [0.1, 0.15) is 17.6 Å². The molecule has 0 saturated heterocycles. The van der Waals surface area contributed by atoms with E-state index in [1.54, 1.807) is 6.07 Å². The fraction of sp³-hybridized carbons (Fsp3) is 0.0833. The molecule has 0 fully saturated rings. The Morgan fingerprint density at radius 2 is 2.22 bits per heavy atom. The number of hydrogen-bond acceptors (Lipinski definition) is 5. The minimum absolute atomic E-state index is 0.179. The highest BCUT2D eigenvalue weighted by molar-refractivity contribution is 14.1. The van der Waals surface area contributed by atoms with Crippen LogP contribution in [0.4, 0.5) is 0 Å². The summed E-state index contributed by atoms with van der Waals surface area (Å²) in [7, 11) is 1.30. The number of benzene rings is 1. The molecule has 5 nitrogen and oxygen atoms in total. The first kappa shape index (κ1) is 12.7. The van der Waals surface area contributed by atoms with Gasteiger partial charge in [-0.2, -0.15) is 0 Å². The van der Waals surface area contributed by atoms with Crippen LogP contribution in [0.3, 0.4) is 0 Å². The van der Waals surface area contributed by atoms with Crippen LogP contribution in [0, 0.1) is 3.57 Å². The summed E-state index contributed by atoms with van der Waals surface area (Å²) in [5.74, 6) is 0.251. The number of halogens is 1. The van der Waals surface area contributed by atoms with Crippen LogP contribution < -0.4 is 4.74 Å². The van der Waals surface area contributed by atoms with Crippen LogP contribution in [0.25, 0.3) is 0 Å². The lowest BCUT2D eigenvalue weighted by Crippen LogP contribution is -2.05. The van der Waals surface area contributed by atoms with E-state index < -0.39 is 5.97 Å². The highest BCUT2D eigenvalue weighted by Gasteiger charge is 2.15. The largest absolute Gasteiger partial charge is 0.465 e. The predicted molar refractivity (Wildman–Crippen MR) is 72.6 cm³/mol. The molecule has 0 aliphatic carbocycles. The average molecular weight is 356 g/mol. The van der Waals surface area contributed by atoms with Gasteiger partial charge in [-0.05, 0) is 40.8 Å². The highest BCUT2D eigenvalue weighted by atomic mass is 127. The van der Waals surface area contributed by atoms with Gasteiger partial charge in [0.25, 0.3) is 0 Å². The molecule has 2 aromatic rings. The molecule has 0 aliphatic heterocycles. The third-order valence-corrected chi connectivity index (χ3v) is 2.76. The minimum atomic E-state index is -0.531. The van der Waals surface area contributed by atoms with Crippen LogP contribution in [-0.4, -0.2) is 23.0 Å². The zero-order chi connectivity index (χ0) is 13.0.